The minimum atomic E-state index is -4.64. The van der Waals surface area contributed by atoms with Crippen LogP contribution in [0.3, 0.4) is 0 Å². The molecule has 0 atom stereocenters. The third kappa shape index (κ3) is 7.91. The minimum absolute atomic E-state index is 0.00216. The molecule has 246 valence electrons. The van der Waals surface area contributed by atoms with E-state index in [4.69, 9.17) is 14.2 Å². The van der Waals surface area contributed by atoms with E-state index >= 15 is 0 Å². The first-order chi connectivity index (χ1) is 22.0. The molecule has 16 heteroatoms. The molecule has 0 saturated carbocycles. The lowest BCUT2D eigenvalue weighted by molar-refractivity contribution is -0.148. The summed E-state index contributed by atoms with van der Waals surface area (Å²) in [5.41, 5.74) is -0.496. The summed E-state index contributed by atoms with van der Waals surface area (Å²) in [6.45, 7) is 5.54. The molecule has 2 saturated heterocycles. The number of hydrogen-bond acceptors (Lipinski definition) is 12. The van der Waals surface area contributed by atoms with Gasteiger partial charge in [-0.1, -0.05) is 17.4 Å². The number of amides is 1. The molecular formula is C30H33F3N6O6S. The third-order valence-corrected chi connectivity index (χ3v) is 8.51. The molecule has 0 radical (unpaired) electrons. The van der Waals surface area contributed by atoms with Crippen molar-refractivity contribution in [1.82, 2.24) is 15.0 Å². The van der Waals surface area contributed by atoms with Crippen LogP contribution in [0.4, 0.5) is 29.8 Å². The topological polar surface area (TPSA) is 136 Å². The molecule has 0 aliphatic carbocycles. The molecule has 2 aliphatic heterocycles. The monoisotopic (exact) mass is 662 g/mol. The van der Waals surface area contributed by atoms with Gasteiger partial charge in [-0.2, -0.15) is 13.2 Å². The molecule has 1 amide bonds. The van der Waals surface area contributed by atoms with Crippen molar-refractivity contribution in [3.05, 3.63) is 46.7 Å². The van der Waals surface area contributed by atoms with Crippen LogP contribution >= 0.6 is 11.3 Å². The molecule has 5 rings (SSSR count). The van der Waals surface area contributed by atoms with Gasteiger partial charge in [-0.15, -0.1) is 0 Å². The summed E-state index contributed by atoms with van der Waals surface area (Å²) < 4.78 is 58.2. The fraction of sp³-hybridized carbons (Fsp3) is 0.467. The zero-order chi connectivity index (χ0) is 32.8. The van der Waals surface area contributed by atoms with Crippen molar-refractivity contribution in [3.63, 3.8) is 0 Å². The Hall–Kier alpha value is -4.31. The number of carbonyl (C=O) groups excluding carboxylic acids is 3. The molecule has 2 aliphatic rings. The van der Waals surface area contributed by atoms with Gasteiger partial charge in [-0.3, -0.25) is 19.7 Å². The molecule has 1 aromatic carbocycles. The lowest BCUT2D eigenvalue weighted by atomic mass is 9.97. The lowest BCUT2D eigenvalue weighted by Gasteiger charge is -2.31. The van der Waals surface area contributed by atoms with Crippen molar-refractivity contribution in [2.24, 2.45) is 5.92 Å². The maximum atomic E-state index is 14.2. The number of rotatable bonds is 9. The Kier molecular flexibility index (Phi) is 10.4. The van der Waals surface area contributed by atoms with Crippen LogP contribution in [0, 0.1) is 5.92 Å². The van der Waals surface area contributed by atoms with Crippen LogP contribution in [0.15, 0.2) is 30.6 Å². The zero-order valence-corrected chi connectivity index (χ0v) is 26.1. The molecule has 3 aromatic rings. The molecule has 12 nitrogen and oxygen atoms in total. The standard InChI is InChI=1S/C30H33F3N6O6S/c1-3-44-28(42)19-6-8-39(9-7-19)25-16-34-22(15-35-25)27(41)37-29-36-26(24(46-29)17-45-18(2)40)20-4-5-23(21(14-20)30(31,32)33)38-10-12-43-13-11-38/h4-5,14-16,19H,3,6-13,17H2,1-2H3,(H,36,37,41). The normalized spacial score (nSPS) is 15.8. The van der Waals surface area contributed by atoms with E-state index < -0.39 is 23.6 Å². The highest BCUT2D eigenvalue weighted by Gasteiger charge is 2.36. The summed E-state index contributed by atoms with van der Waals surface area (Å²) in [5, 5.41) is 2.71. The van der Waals surface area contributed by atoms with Crippen molar-refractivity contribution < 1.29 is 41.8 Å². The van der Waals surface area contributed by atoms with Crippen LogP contribution in [0.5, 0.6) is 0 Å². The van der Waals surface area contributed by atoms with E-state index in [-0.39, 0.29) is 46.3 Å². The van der Waals surface area contributed by atoms with E-state index in [1.54, 1.807) is 11.8 Å². The Morgan fingerprint density at radius 2 is 1.78 bits per heavy atom. The van der Waals surface area contributed by atoms with E-state index in [0.717, 1.165) is 17.4 Å². The van der Waals surface area contributed by atoms with Gasteiger partial charge in [0.1, 0.15) is 18.1 Å². The quantitative estimate of drug-likeness (QED) is 0.323. The Morgan fingerprint density at radius 1 is 1.04 bits per heavy atom. The second-order valence-corrected chi connectivity index (χ2v) is 11.7. The van der Waals surface area contributed by atoms with E-state index in [1.165, 1.54) is 31.5 Å². The largest absolute Gasteiger partial charge is 0.466 e. The number of aromatic nitrogens is 3. The Morgan fingerprint density at radius 3 is 2.41 bits per heavy atom. The van der Waals surface area contributed by atoms with Crippen LogP contribution in [-0.4, -0.2) is 78.8 Å². The fourth-order valence-corrected chi connectivity index (χ4v) is 6.15. The van der Waals surface area contributed by atoms with Gasteiger partial charge in [0.2, 0.25) is 0 Å². The number of carbonyl (C=O) groups is 3. The second-order valence-electron chi connectivity index (χ2n) is 10.6. The number of piperidine rings is 1. The maximum absolute atomic E-state index is 14.2. The van der Waals surface area contributed by atoms with E-state index in [2.05, 4.69) is 20.3 Å². The summed E-state index contributed by atoms with van der Waals surface area (Å²) in [5.74, 6) is -1.01. The predicted octanol–water partition coefficient (Wildman–Crippen LogP) is 4.55. The average Bonchev–Trinajstić information content (AvgIpc) is 3.46. The molecule has 0 spiro atoms. The number of esters is 2. The third-order valence-electron chi connectivity index (χ3n) is 7.56. The molecule has 46 heavy (non-hydrogen) atoms. The number of morpholine rings is 1. The highest BCUT2D eigenvalue weighted by Crippen LogP contribution is 2.41. The van der Waals surface area contributed by atoms with E-state index in [0.29, 0.717) is 69.5 Å². The first kappa shape index (κ1) is 33.1. The van der Waals surface area contributed by atoms with Gasteiger partial charge >= 0.3 is 18.1 Å². The van der Waals surface area contributed by atoms with Gasteiger partial charge < -0.3 is 24.0 Å². The SMILES string of the molecule is CCOC(=O)C1CCN(c2cnc(C(=O)Nc3nc(-c4ccc(N5CCOCC5)c(C(F)(F)F)c4)c(COC(C)=O)s3)cn2)CC1. The first-order valence-electron chi connectivity index (χ1n) is 14.8. The molecular weight excluding hydrogens is 629 g/mol. The number of alkyl halides is 3. The number of nitrogens with zero attached hydrogens (tertiary/aromatic N) is 5. The highest BCUT2D eigenvalue weighted by atomic mass is 32.1. The number of nitrogens with one attached hydrogen (secondary N) is 1. The van der Waals surface area contributed by atoms with Gasteiger partial charge in [-0.25, -0.2) is 15.0 Å². The Bertz CT molecular complexity index is 1550. The van der Waals surface area contributed by atoms with Crippen LogP contribution in [0.25, 0.3) is 11.3 Å². The van der Waals surface area contributed by atoms with Crippen molar-refractivity contribution >= 4 is 45.8 Å². The maximum Gasteiger partial charge on any atom is 0.418 e. The summed E-state index contributed by atoms with van der Waals surface area (Å²) in [6.07, 6.45) is -0.630. The van der Waals surface area contributed by atoms with Crippen molar-refractivity contribution in [3.8, 4) is 11.3 Å². The first-order valence-corrected chi connectivity index (χ1v) is 15.6. The second kappa shape index (κ2) is 14.4. The van der Waals surface area contributed by atoms with Crippen LogP contribution in [0.1, 0.15) is 47.6 Å². The molecule has 0 bridgehead atoms. The van der Waals surface area contributed by atoms with E-state index in [1.807, 2.05) is 4.90 Å². The highest BCUT2D eigenvalue weighted by molar-refractivity contribution is 7.16. The number of thiazole rings is 1. The summed E-state index contributed by atoms with van der Waals surface area (Å²) in [7, 11) is 0. The molecule has 4 heterocycles. The van der Waals surface area contributed by atoms with Gasteiger partial charge in [0.25, 0.3) is 5.91 Å². The van der Waals surface area contributed by atoms with Gasteiger partial charge in [0.15, 0.2) is 5.13 Å². The average molecular weight is 663 g/mol. The number of hydrogen-bond donors (Lipinski definition) is 1. The zero-order valence-electron chi connectivity index (χ0n) is 25.3. The predicted molar refractivity (Wildman–Crippen MR) is 163 cm³/mol. The smallest absolute Gasteiger partial charge is 0.418 e. The molecule has 1 N–H and O–H groups in total. The van der Waals surface area contributed by atoms with Gasteiger partial charge in [-0.05, 0) is 31.9 Å². The summed E-state index contributed by atoms with van der Waals surface area (Å²) in [4.78, 5) is 53.6. The van der Waals surface area contributed by atoms with Crippen LogP contribution in [-0.2, 0) is 36.6 Å². The number of anilines is 3. The summed E-state index contributed by atoms with van der Waals surface area (Å²) in [6, 6.07) is 3.94. The van der Waals surface area contributed by atoms with Crippen molar-refractivity contribution in [2.45, 2.75) is 39.5 Å². The number of halogens is 3. The number of benzene rings is 1. The van der Waals surface area contributed by atoms with Gasteiger partial charge in [0.05, 0.1) is 54.3 Å². The van der Waals surface area contributed by atoms with E-state index in [9.17, 15) is 27.6 Å². The molecule has 0 unspecified atom stereocenters. The van der Waals surface area contributed by atoms with Gasteiger partial charge in [0, 0.05) is 44.4 Å². The Labute approximate surface area is 266 Å². The minimum Gasteiger partial charge on any atom is -0.466 e. The number of ether oxygens (including phenoxy) is 3. The van der Waals surface area contributed by atoms with Crippen LogP contribution in [0.2, 0.25) is 0 Å². The Balaban J connectivity index is 1.33. The summed E-state index contributed by atoms with van der Waals surface area (Å²) >= 11 is 0.974. The lowest BCUT2D eigenvalue weighted by Crippen LogP contribution is -2.37. The van der Waals surface area contributed by atoms with Crippen molar-refractivity contribution in [2.75, 3.05) is 61.1 Å². The van der Waals surface area contributed by atoms with Crippen molar-refractivity contribution in [1.29, 1.82) is 0 Å². The fourth-order valence-electron chi connectivity index (χ4n) is 5.25. The van der Waals surface area contributed by atoms with Crippen LogP contribution < -0.4 is 15.1 Å². The molecule has 2 aromatic heterocycles. The molecule has 2 fully saturated rings.